The van der Waals surface area contributed by atoms with Crippen molar-refractivity contribution in [2.45, 2.75) is 12.8 Å². The van der Waals surface area contributed by atoms with Crippen molar-refractivity contribution < 1.29 is 4.79 Å². The lowest BCUT2D eigenvalue weighted by molar-refractivity contribution is 0.112. The van der Waals surface area contributed by atoms with Crippen molar-refractivity contribution in [1.82, 2.24) is 0 Å². The maximum Gasteiger partial charge on any atom is 0.150 e. The normalized spacial score (nSPS) is 12.6. The zero-order valence-electron chi connectivity index (χ0n) is 18.2. The van der Waals surface area contributed by atoms with Gasteiger partial charge in [-0.2, -0.15) is 0 Å². The van der Waals surface area contributed by atoms with Gasteiger partial charge in [-0.05, 0) is 76.5 Å². The zero-order valence-corrected chi connectivity index (χ0v) is 18.2. The van der Waals surface area contributed by atoms with Crippen LogP contribution in [0.5, 0.6) is 0 Å². The Bertz CT molecular complexity index is 1540. The fourth-order valence-corrected chi connectivity index (χ4v) is 4.85. The van der Waals surface area contributed by atoms with Crippen molar-refractivity contribution in [3.63, 3.8) is 0 Å². The fraction of sp³-hybridized carbons (Fsp3) is 0.0645. The average molecular weight is 426 g/mol. The first-order chi connectivity index (χ1) is 16.3. The maximum atomic E-state index is 11.2. The summed E-state index contributed by atoms with van der Waals surface area (Å²) in [5.74, 6) is 0. The summed E-state index contributed by atoms with van der Waals surface area (Å²) >= 11 is 0. The van der Waals surface area contributed by atoms with Crippen LogP contribution in [0.25, 0.3) is 27.6 Å². The number of benzene rings is 5. The van der Waals surface area contributed by atoms with Crippen molar-refractivity contribution in [3.8, 4) is 0 Å². The van der Waals surface area contributed by atoms with Gasteiger partial charge in [-0.25, -0.2) is 0 Å². The summed E-state index contributed by atoms with van der Waals surface area (Å²) in [4.78, 5) is 13.6. The SMILES string of the molecule is O=Cc1ccc2cc(N(c3ccc4c(c3)C=CCC4)c3cccc4ccccc34)ccc2c1. The Morgan fingerprint density at radius 3 is 2.42 bits per heavy atom. The Balaban J connectivity index is 1.59. The Labute approximate surface area is 193 Å². The van der Waals surface area contributed by atoms with Gasteiger partial charge in [0.1, 0.15) is 6.29 Å². The minimum atomic E-state index is 0.697. The molecule has 1 aliphatic carbocycles. The molecule has 0 aliphatic heterocycles. The summed E-state index contributed by atoms with van der Waals surface area (Å²) in [6.07, 6.45) is 7.60. The second-order valence-electron chi connectivity index (χ2n) is 8.57. The molecule has 0 saturated heterocycles. The van der Waals surface area contributed by atoms with Gasteiger partial charge in [0, 0.05) is 22.3 Å². The standard InChI is InChI=1S/C31H23NO/c33-21-22-12-13-27-20-29(17-15-26(27)18-22)32(28-16-14-23-6-1-2-8-25(23)19-28)31-11-5-9-24-7-3-4-10-30(24)31/h2-5,7-21H,1,6H2. The molecule has 0 spiro atoms. The van der Waals surface area contributed by atoms with Crippen molar-refractivity contribution >= 4 is 51.0 Å². The molecule has 0 heterocycles. The predicted octanol–water partition coefficient (Wildman–Crippen LogP) is 8.23. The van der Waals surface area contributed by atoms with Gasteiger partial charge in [0.25, 0.3) is 0 Å². The lowest BCUT2D eigenvalue weighted by Gasteiger charge is -2.28. The molecule has 0 N–H and O–H groups in total. The molecule has 0 fully saturated rings. The molecule has 0 atom stereocenters. The zero-order chi connectivity index (χ0) is 22.2. The van der Waals surface area contributed by atoms with Crippen LogP contribution in [0.1, 0.15) is 27.9 Å². The van der Waals surface area contributed by atoms with Gasteiger partial charge in [0.2, 0.25) is 0 Å². The van der Waals surface area contributed by atoms with Crippen LogP contribution in [-0.4, -0.2) is 6.29 Å². The Kier molecular flexibility index (Phi) is 4.77. The molecule has 0 amide bonds. The molecule has 5 aromatic carbocycles. The number of carbonyl (C=O) groups is 1. The lowest BCUT2D eigenvalue weighted by atomic mass is 9.96. The number of allylic oxidation sites excluding steroid dienone is 1. The van der Waals surface area contributed by atoms with E-state index < -0.39 is 0 Å². The third-order valence-electron chi connectivity index (χ3n) is 6.52. The minimum Gasteiger partial charge on any atom is -0.310 e. The number of anilines is 3. The molecule has 0 radical (unpaired) electrons. The van der Waals surface area contributed by atoms with Crippen molar-refractivity contribution in [3.05, 3.63) is 120 Å². The quantitative estimate of drug-likeness (QED) is 0.270. The molecule has 6 rings (SSSR count). The Hall–Kier alpha value is -4.17. The maximum absolute atomic E-state index is 11.2. The minimum absolute atomic E-state index is 0.697. The number of fused-ring (bicyclic) bond motifs is 3. The van der Waals surface area contributed by atoms with Gasteiger partial charge in [0.05, 0.1) is 5.69 Å². The van der Waals surface area contributed by atoms with Crippen LogP contribution in [-0.2, 0) is 6.42 Å². The lowest BCUT2D eigenvalue weighted by Crippen LogP contribution is -2.11. The fourth-order valence-electron chi connectivity index (χ4n) is 4.85. The number of rotatable bonds is 4. The third kappa shape index (κ3) is 3.50. The monoisotopic (exact) mass is 425 g/mol. The summed E-state index contributed by atoms with van der Waals surface area (Å²) in [6, 6.07) is 34.1. The highest BCUT2D eigenvalue weighted by atomic mass is 16.1. The average Bonchev–Trinajstić information content (AvgIpc) is 2.88. The van der Waals surface area contributed by atoms with Crippen LogP contribution in [0.15, 0.2) is 103 Å². The Morgan fingerprint density at radius 2 is 1.48 bits per heavy atom. The number of hydrogen-bond donors (Lipinski definition) is 0. The van der Waals surface area contributed by atoms with Crippen LogP contribution in [0, 0.1) is 0 Å². The van der Waals surface area contributed by atoms with E-state index in [0.29, 0.717) is 5.56 Å². The second-order valence-corrected chi connectivity index (χ2v) is 8.57. The highest BCUT2D eigenvalue weighted by Gasteiger charge is 2.17. The van der Waals surface area contributed by atoms with E-state index in [1.165, 1.54) is 21.9 Å². The molecular weight excluding hydrogens is 402 g/mol. The number of hydrogen-bond acceptors (Lipinski definition) is 2. The van der Waals surface area contributed by atoms with Crippen LogP contribution >= 0.6 is 0 Å². The number of aryl methyl sites for hydroxylation is 1. The summed E-state index contributed by atoms with van der Waals surface area (Å²) < 4.78 is 0. The first kappa shape index (κ1) is 19.5. The largest absolute Gasteiger partial charge is 0.310 e. The van der Waals surface area contributed by atoms with Gasteiger partial charge in [-0.1, -0.05) is 72.8 Å². The molecule has 0 aromatic heterocycles. The van der Waals surface area contributed by atoms with E-state index in [4.69, 9.17) is 0 Å². The van der Waals surface area contributed by atoms with E-state index in [1.54, 1.807) is 0 Å². The van der Waals surface area contributed by atoms with Crippen LogP contribution in [0.3, 0.4) is 0 Å². The van der Waals surface area contributed by atoms with Gasteiger partial charge in [-0.3, -0.25) is 4.79 Å². The predicted molar refractivity (Wildman–Crippen MR) is 139 cm³/mol. The van der Waals surface area contributed by atoms with Gasteiger partial charge >= 0.3 is 0 Å². The Morgan fingerprint density at radius 1 is 0.697 bits per heavy atom. The first-order valence-corrected chi connectivity index (χ1v) is 11.4. The summed E-state index contributed by atoms with van der Waals surface area (Å²) in [6.45, 7) is 0. The van der Waals surface area contributed by atoms with Crippen LogP contribution < -0.4 is 4.90 Å². The summed E-state index contributed by atoms with van der Waals surface area (Å²) in [5.41, 5.74) is 6.77. The molecule has 5 aromatic rings. The number of aldehydes is 1. The van der Waals surface area contributed by atoms with Crippen molar-refractivity contribution in [2.75, 3.05) is 4.90 Å². The van der Waals surface area contributed by atoms with E-state index in [2.05, 4.69) is 95.9 Å². The molecule has 2 nitrogen and oxygen atoms in total. The topological polar surface area (TPSA) is 20.3 Å². The number of carbonyl (C=O) groups excluding carboxylic acids is 1. The second kappa shape index (κ2) is 8.07. The van der Waals surface area contributed by atoms with E-state index >= 15 is 0 Å². The van der Waals surface area contributed by atoms with E-state index in [-0.39, 0.29) is 0 Å². The molecule has 0 unspecified atom stereocenters. The van der Waals surface area contributed by atoms with Gasteiger partial charge < -0.3 is 4.90 Å². The third-order valence-corrected chi connectivity index (χ3v) is 6.52. The van der Waals surface area contributed by atoms with Gasteiger partial charge in [-0.15, -0.1) is 0 Å². The van der Waals surface area contributed by atoms with Crippen molar-refractivity contribution in [1.29, 1.82) is 0 Å². The van der Waals surface area contributed by atoms with E-state index in [9.17, 15) is 4.79 Å². The molecule has 33 heavy (non-hydrogen) atoms. The van der Waals surface area contributed by atoms with Crippen LogP contribution in [0.2, 0.25) is 0 Å². The molecular formula is C31H23NO. The van der Waals surface area contributed by atoms with E-state index in [1.807, 2.05) is 18.2 Å². The van der Waals surface area contributed by atoms with Crippen LogP contribution in [0.4, 0.5) is 17.1 Å². The highest BCUT2D eigenvalue weighted by molar-refractivity contribution is 6.00. The first-order valence-electron chi connectivity index (χ1n) is 11.4. The number of nitrogens with zero attached hydrogens (tertiary/aromatic N) is 1. The molecule has 158 valence electrons. The smallest absolute Gasteiger partial charge is 0.150 e. The van der Waals surface area contributed by atoms with Gasteiger partial charge in [0.15, 0.2) is 0 Å². The molecule has 2 heteroatoms. The van der Waals surface area contributed by atoms with Crippen molar-refractivity contribution in [2.24, 2.45) is 0 Å². The molecule has 1 aliphatic rings. The molecule has 0 saturated carbocycles. The van der Waals surface area contributed by atoms with E-state index in [0.717, 1.165) is 47.0 Å². The summed E-state index contributed by atoms with van der Waals surface area (Å²) in [5, 5.41) is 4.61. The highest BCUT2D eigenvalue weighted by Crippen LogP contribution is 2.41. The molecule has 0 bridgehead atoms. The summed E-state index contributed by atoms with van der Waals surface area (Å²) in [7, 11) is 0.